The summed E-state index contributed by atoms with van der Waals surface area (Å²) in [4.78, 5) is 14.8. The predicted octanol–water partition coefficient (Wildman–Crippen LogP) is 3.84. The number of aryl methyl sites for hydroxylation is 1. The molecule has 1 heterocycles. The van der Waals surface area contributed by atoms with Crippen LogP contribution < -0.4 is 0 Å². The summed E-state index contributed by atoms with van der Waals surface area (Å²) in [5.74, 6) is -0.0381. The van der Waals surface area contributed by atoms with Crippen molar-refractivity contribution in [3.05, 3.63) is 48.6 Å². The first-order valence-corrected chi connectivity index (χ1v) is 8.74. The predicted molar refractivity (Wildman–Crippen MR) is 94.3 cm³/mol. The Labute approximate surface area is 140 Å². The SMILES string of the molecule is C=CCC1(C(=O)OCC)CCN(CCCc2ccccc2)CC1. The van der Waals surface area contributed by atoms with Crippen molar-refractivity contribution in [3.63, 3.8) is 0 Å². The molecular weight excluding hydrogens is 286 g/mol. The van der Waals surface area contributed by atoms with Crippen LogP contribution in [0.4, 0.5) is 0 Å². The number of carbonyl (C=O) groups is 1. The number of esters is 1. The van der Waals surface area contributed by atoms with Crippen LogP contribution in [0.1, 0.15) is 38.2 Å². The number of carbonyl (C=O) groups excluding carboxylic acids is 1. The third-order valence-corrected chi connectivity index (χ3v) is 4.84. The van der Waals surface area contributed by atoms with E-state index < -0.39 is 0 Å². The monoisotopic (exact) mass is 315 g/mol. The fourth-order valence-corrected chi connectivity index (χ4v) is 3.41. The van der Waals surface area contributed by atoms with Crippen LogP contribution in [0.15, 0.2) is 43.0 Å². The average Bonchev–Trinajstić information content (AvgIpc) is 2.58. The lowest BCUT2D eigenvalue weighted by molar-refractivity contribution is -0.158. The standard InChI is InChI=1S/C20H29NO2/c1-3-12-20(19(22)23-4-2)13-16-21(17-14-20)15-8-11-18-9-6-5-7-10-18/h3,5-7,9-10H,1,4,8,11-17H2,2H3. The maximum Gasteiger partial charge on any atom is 0.312 e. The molecule has 2 rings (SSSR count). The highest BCUT2D eigenvalue weighted by Gasteiger charge is 2.41. The van der Waals surface area contributed by atoms with Crippen LogP contribution in [0.25, 0.3) is 0 Å². The highest BCUT2D eigenvalue weighted by molar-refractivity contribution is 5.77. The molecule has 1 fully saturated rings. The summed E-state index contributed by atoms with van der Waals surface area (Å²) in [5.41, 5.74) is 1.06. The molecule has 0 bridgehead atoms. The van der Waals surface area contributed by atoms with E-state index in [4.69, 9.17) is 4.74 Å². The van der Waals surface area contributed by atoms with E-state index in [0.717, 1.165) is 51.7 Å². The van der Waals surface area contributed by atoms with Gasteiger partial charge in [-0.2, -0.15) is 0 Å². The van der Waals surface area contributed by atoms with Crippen molar-refractivity contribution in [1.29, 1.82) is 0 Å². The normalized spacial score (nSPS) is 17.6. The summed E-state index contributed by atoms with van der Waals surface area (Å²) >= 11 is 0. The van der Waals surface area contributed by atoms with E-state index in [2.05, 4.69) is 41.8 Å². The van der Waals surface area contributed by atoms with Gasteiger partial charge in [0.1, 0.15) is 0 Å². The van der Waals surface area contributed by atoms with Crippen LogP contribution in [0.2, 0.25) is 0 Å². The third-order valence-electron chi connectivity index (χ3n) is 4.84. The van der Waals surface area contributed by atoms with Crippen molar-refractivity contribution in [2.75, 3.05) is 26.2 Å². The van der Waals surface area contributed by atoms with Crippen LogP contribution in [-0.2, 0) is 16.0 Å². The highest BCUT2D eigenvalue weighted by Crippen LogP contribution is 2.36. The summed E-state index contributed by atoms with van der Waals surface area (Å²) in [6.45, 7) is 9.20. The first-order chi connectivity index (χ1) is 11.2. The molecule has 0 unspecified atom stereocenters. The Morgan fingerprint density at radius 2 is 2.00 bits per heavy atom. The van der Waals surface area contributed by atoms with E-state index in [1.54, 1.807) is 0 Å². The van der Waals surface area contributed by atoms with E-state index in [1.165, 1.54) is 5.56 Å². The van der Waals surface area contributed by atoms with Crippen LogP contribution in [-0.4, -0.2) is 37.1 Å². The van der Waals surface area contributed by atoms with Gasteiger partial charge in [-0.1, -0.05) is 36.4 Å². The third kappa shape index (κ3) is 4.93. The Hall–Kier alpha value is -1.61. The van der Waals surface area contributed by atoms with E-state index >= 15 is 0 Å². The Kier molecular flexibility index (Phi) is 6.85. The fraction of sp³-hybridized carbons (Fsp3) is 0.550. The Balaban J connectivity index is 1.79. The first-order valence-electron chi connectivity index (χ1n) is 8.74. The number of ether oxygens (including phenoxy) is 1. The molecule has 1 saturated heterocycles. The van der Waals surface area contributed by atoms with Gasteiger partial charge in [-0.25, -0.2) is 0 Å². The molecule has 1 aliphatic rings. The molecular formula is C20H29NO2. The molecule has 1 aromatic rings. The zero-order valence-electron chi connectivity index (χ0n) is 14.3. The van der Waals surface area contributed by atoms with Gasteiger partial charge in [-0.3, -0.25) is 4.79 Å². The van der Waals surface area contributed by atoms with Gasteiger partial charge in [-0.05, 0) is 64.2 Å². The zero-order valence-corrected chi connectivity index (χ0v) is 14.3. The van der Waals surface area contributed by atoms with E-state index in [-0.39, 0.29) is 11.4 Å². The lowest BCUT2D eigenvalue weighted by Gasteiger charge is -2.39. The number of likely N-dealkylation sites (tertiary alicyclic amines) is 1. The molecule has 0 atom stereocenters. The number of hydrogen-bond acceptors (Lipinski definition) is 3. The minimum absolute atomic E-state index is 0.0381. The number of nitrogens with zero attached hydrogens (tertiary/aromatic N) is 1. The van der Waals surface area contributed by atoms with Crippen molar-refractivity contribution in [3.8, 4) is 0 Å². The summed E-state index contributed by atoms with van der Waals surface area (Å²) in [6.07, 6.45) is 6.63. The van der Waals surface area contributed by atoms with Gasteiger partial charge in [0.05, 0.1) is 12.0 Å². The smallest absolute Gasteiger partial charge is 0.312 e. The Bertz CT molecular complexity index is 490. The fourth-order valence-electron chi connectivity index (χ4n) is 3.41. The second-order valence-electron chi connectivity index (χ2n) is 6.42. The summed E-state index contributed by atoms with van der Waals surface area (Å²) in [7, 11) is 0. The molecule has 3 heteroatoms. The van der Waals surface area contributed by atoms with E-state index in [9.17, 15) is 4.79 Å². The second kappa shape index (κ2) is 8.88. The van der Waals surface area contributed by atoms with Crippen LogP contribution in [0, 0.1) is 5.41 Å². The van der Waals surface area contributed by atoms with Gasteiger partial charge in [0.15, 0.2) is 0 Å². The number of benzene rings is 1. The lowest BCUT2D eigenvalue weighted by Crippen LogP contribution is -2.45. The molecule has 0 aliphatic carbocycles. The van der Waals surface area contributed by atoms with Crippen molar-refractivity contribution in [2.24, 2.45) is 5.41 Å². The number of allylic oxidation sites excluding steroid dienone is 1. The molecule has 1 aromatic carbocycles. The van der Waals surface area contributed by atoms with E-state index in [1.807, 2.05) is 13.0 Å². The molecule has 0 spiro atoms. The van der Waals surface area contributed by atoms with Crippen molar-refractivity contribution in [1.82, 2.24) is 4.90 Å². The van der Waals surface area contributed by atoms with Gasteiger partial charge in [0, 0.05) is 0 Å². The minimum Gasteiger partial charge on any atom is -0.466 e. The number of rotatable bonds is 8. The topological polar surface area (TPSA) is 29.5 Å². The van der Waals surface area contributed by atoms with Gasteiger partial charge in [0.25, 0.3) is 0 Å². The summed E-state index contributed by atoms with van der Waals surface area (Å²) in [5, 5.41) is 0. The zero-order chi connectivity index (χ0) is 16.5. The molecule has 23 heavy (non-hydrogen) atoms. The lowest BCUT2D eigenvalue weighted by atomic mass is 9.75. The first kappa shape index (κ1) is 17.7. The van der Waals surface area contributed by atoms with Crippen molar-refractivity contribution >= 4 is 5.97 Å². The average molecular weight is 315 g/mol. The van der Waals surface area contributed by atoms with Gasteiger partial charge >= 0.3 is 5.97 Å². The molecule has 126 valence electrons. The molecule has 0 radical (unpaired) electrons. The van der Waals surface area contributed by atoms with Crippen LogP contribution in [0.5, 0.6) is 0 Å². The molecule has 0 saturated carbocycles. The van der Waals surface area contributed by atoms with Crippen molar-refractivity contribution in [2.45, 2.75) is 39.0 Å². The van der Waals surface area contributed by atoms with Gasteiger partial charge in [0.2, 0.25) is 0 Å². The maximum atomic E-state index is 12.3. The molecule has 0 aromatic heterocycles. The maximum absolute atomic E-state index is 12.3. The summed E-state index contributed by atoms with van der Waals surface area (Å²) < 4.78 is 5.31. The van der Waals surface area contributed by atoms with Crippen molar-refractivity contribution < 1.29 is 9.53 Å². The minimum atomic E-state index is -0.340. The molecule has 1 aliphatic heterocycles. The largest absolute Gasteiger partial charge is 0.466 e. The molecule has 3 nitrogen and oxygen atoms in total. The Morgan fingerprint density at radius 3 is 2.61 bits per heavy atom. The van der Waals surface area contributed by atoms with Gasteiger partial charge in [-0.15, -0.1) is 6.58 Å². The number of piperidine rings is 1. The highest BCUT2D eigenvalue weighted by atomic mass is 16.5. The quantitative estimate of drug-likeness (QED) is 0.539. The van der Waals surface area contributed by atoms with E-state index in [0.29, 0.717) is 6.61 Å². The van der Waals surface area contributed by atoms with Crippen LogP contribution >= 0.6 is 0 Å². The molecule has 0 N–H and O–H groups in total. The molecule has 0 amide bonds. The Morgan fingerprint density at radius 1 is 1.30 bits per heavy atom. The van der Waals surface area contributed by atoms with Crippen LogP contribution in [0.3, 0.4) is 0 Å². The number of hydrogen-bond donors (Lipinski definition) is 0. The second-order valence-corrected chi connectivity index (χ2v) is 6.42. The summed E-state index contributed by atoms with van der Waals surface area (Å²) in [6, 6.07) is 10.6. The van der Waals surface area contributed by atoms with Gasteiger partial charge < -0.3 is 9.64 Å².